The Hall–Kier alpha value is -1.21. The Bertz CT molecular complexity index is 457. The van der Waals surface area contributed by atoms with Crippen LogP contribution >= 0.6 is 15.9 Å². The van der Waals surface area contributed by atoms with Crippen molar-refractivity contribution in [3.63, 3.8) is 0 Å². The number of aromatic nitrogens is 2. The van der Waals surface area contributed by atoms with E-state index in [9.17, 15) is 14.7 Å². The molecule has 6 nitrogen and oxygen atoms in total. The first kappa shape index (κ1) is 12.9. The van der Waals surface area contributed by atoms with Gasteiger partial charge in [-0.2, -0.15) is 0 Å². The van der Waals surface area contributed by atoms with Gasteiger partial charge in [-0.05, 0) is 22.9 Å². The standard InChI is InChI=1S/C9H11BrN2O4/c1-5-8(10)9(16)12(4-11-5)3-6(13)2-7(14)15/h4,6,13H,2-3H2,1H3,(H,14,15). The molecular formula is C9H11BrN2O4. The summed E-state index contributed by atoms with van der Waals surface area (Å²) in [6.07, 6.45) is -0.225. The minimum atomic E-state index is -1.11. The van der Waals surface area contributed by atoms with Crippen LogP contribution in [0.5, 0.6) is 0 Å². The number of nitrogens with zero attached hydrogens (tertiary/aromatic N) is 2. The van der Waals surface area contributed by atoms with E-state index < -0.39 is 18.5 Å². The molecule has 1 heterocycles. The Morgan fingerprint density at radius 1 is 1.69 bits per heavy atom. The van der Waals surface area contributed by atoms with Crippen LogP contribution in [0.3, 0.4) is 0 Å². The smallest absolute Gasteiger partial charge is 0.306 e. The van der Waals surface area contributed by atoms with Crippen molar-refractivity contribution in [2.45, 2.75) is 26.0 Å². The van der Waals surface area contributed by atoms with Gasteiger partial charge in [-0.25, -0.2) is 4.98 Å². The molecule has 1 unspecified atom stereocenters. The molecule has 0 aliphatic rings. The van der Waals surface area contributed by atoms with Crippen LogP contribution < -0.4 is 5.56 Å². The number of hydrogen-bond donors (Lipinski definition) is 2. The number of halogens is 1. The highest BCUT2D eigenvalue weighted by Gasteiger charge is 2.12. The van der Waals surface area contributed by atoms with E-state index in [2.05, 4.69) is 20.9 Å². The fourth-order valence-electron chi connectivity index (χ4n) is 1.17. The molecule has 0 saturated carbocycles. The maximum atomic E-state index is 11.6. The average molecular weight is 291 g/mol. The van der Waals surface area contributed by atoms with E-state index in [0.717, 1.165) is 0 Å². The van der Waals surface area contributed by atoms with Gasteiger partial charge in [-0.3, -0.25) is 14.2 Å². The van der Waals surface area contributed by atoms with Gasteiger partial charge >= 0.3 is 5.97 Å². The highest BCUT2D eigenvalue weighted by Crippen LogP contribution is 2.06. The average Bonchev–Trinajstić information content (AvgIpc) is 2.18. The summed E-state index contributed by atoms with van der Waals surface area (Å²) >= 11 is 3.08. The molecule has 0 spiro atoms. The van der Waals surface area contributed by atoms with Crippen LogP contribution in [0.15, 0.2) is 15.6 Å². The Morgan fingerprint density at radius 2 is 2.31 bits per heavy atom. The largest absolute Gasteiger partial charge is 0.481 e. The quantitative estimate of drug-likeness (QED) is 0.823. The second-order valence-corrected chi connectivity index (χ2v) is 4.15. The van der Waals surface area contributed by atoms with E-state index in [1.165, 1.54) is 10.9 Å². The summed E-state index contributed by atoms with van der Waals surface area (Å²) in [7, 11) is 0. The van der Waals surface area contributed by atoms with Gasteiger partial charge in [0.25, 0.3) is 5.56 Å². The zero-order valence-electron chi connectivity index (χ0n) is 8.55. The van der Waals surface area contributed by atoms with Gasteiger partial charge in [0.1, 0.15) is 4.47 Å². The van der Waals surface area contributed by atoms with Crippen LogP contribution in [0.1, 0.15) is 12.1 Å². The number of carbonyl (C=O) groups is 1. The van der Waals surface area contributed by atoms with Gasteiger partial charge in [0.2, 0.25) is 0 Å². The van der Waals surface area contributed by atoms with Crippen molar-refractivity contribution in [3.8, 4) is 0 Å². The maximum absolute atomic E-state index is 11.6. The Balaban J connectivity index is 2.86. The lowest BCUT2D eigenvalue weighted by molar-refractivity contribution is -0.139. The first-order chi connectivity index (χ1) is 7.41. The van der Waals surface area contributed by atoms with Crippen molar-refractivity contribution >= 4 is 21.9 Å². The number of carboxylic acids is 1. The minimum absolute atomic E-state index is 0.0863. The highest BCUT2D eigenvalue weighted by atomic mass is 79.9. The van der Waals surface area contributed by atoms with Crippen molar-refractivity contribution in [1.29, 1.82) is 0 Å². The van der Waals surface area contributed by atoms with Crippen LogP contribution in [0.25, 0.3) is 0 Å². The number of aliphatic hydroxyl groups is 1. The molecule has 88 valence electrons. The number of aliphatic carboxylic acids is 1. The number of carboxylic acid groups (broad SMARTS) is 1. The molecule has 0 fully saturated rings. The first-order valence-corrected chi connectivity index (χ1v) is 5.32. The van der Waals surface area contributed by atoms with E-state index in [0.29, 0.717) is 10.2 Å². The third kappa shape index (κ3) is 3.14. The topological polar surface area (TPSA) is 92.4 Å². The molecule has 0 aromatic carbocycles. The molecule has 1 atom stereocenters. The van der Waals surface area contributed by atoms with Crippen molar-refractivity contribution in [1.82, 2.24) is 9.55 Å². The van der Waals surface area contributed by atoms with Crippen molar-refractivity contribution in [2.75, 3.05) is 0 Å². The molecule has 2 N–H and O–H groups in total. The lowest BCUT2D eigenvalue weighted by Crippen LogP contribution is -2.29. The van der Waals surface area contributed by atoms with E-state index in [4.69, 9.17) is 5.11 Å². The number of rotatable bonds is 4. The van der Waals surface area contributed by atoms with Crippen molar-refractivity contribution < 1.29 is 15.0 Å². The summed E-state index contributed by atoms with van der Waals surface area (Å²) < 4.78 is 1.49. The lowest BCUT2D eigenvalue weighted by atomic mass is 10.2. The fraction of sp³-hybridized carbons (Fsp3) is 0.444. The van der Waals surface area contributed by atoms with Gasteiger partial charge in [0.15, 0.2) is 0 Å². The Morgan fingerprint density at radius 3 is 2.88 bits per heavy atom. The van der Waals surface area contributed by atoms with Crippen molar-refractivity contribution in [2.24, 2.45) is 0 Å². The summed E-state index contributed by atoms with van der Waals surface area (Å²) in [5.74, 6) is -1.11. The zero-order chi connectivity index (χ0) is 12.3. The molecule has 1 aromatic heterocycles. The number of aliphatic hydroxyl groups excluding tert-OH is 1. The molecule has 0 saturated heterocycles. The molecule has 7 heteroatoms. The zero-order valence-corrected chi connectivity index (χ0v) is 10.1. The first-order valence-electron chi connectivity index (χ1n) is 4.53. The van der Waals surface area contributed by atoms with Crippen LogP contribution in [0.2, 0.25) is 0 Å². The molecule has 0 aliphatic heterocycles. The monoisotopic (exact) mass is 290 g/mol. The number of aryl methyl sites for hydroxylation is 1. The van der Waals surface area contributed by atoms with E-state index >= 15 is 0 Å². The summed E-state index contributed by atoms with van der Waals surface area (Å²) in [6, 6.07) is 0. The molecule has 1 aromatic rings. The highest BCUT2D eigenvalue weighted by molar-refractivity contribution is 9.10. The normalized spacial score (nSPS) is 12.4. The Labute approximate surface area is 99.7 Å². The predicted molar refractivity (Wildman–Crippen MR) is 59.2 cm³/mol. The van der Waals surface area contributed by atoms with Crippen molar-refractivity contribution in [3.05, 3.63) is 26.8 Å². The third-order valence-corrected chi connectivity index (χ3v) is 2.89. The van der Waals surface area contributed by atoms with E-state index in [-0.39, 0.29) is 12.1 Å². The second kappa shape index (κ2) is 5.22. The lowest BCUT2D eigenvalue weighted by Gasteiger charge is -2.10. The Kier molecular flexibility index (Phi) is 4.19. The van der Waals surface area contributed by atoms with E-state index in [1.54, 1.807) is 6.92 Å². The molecule has 0 amide bonds. The van der Waals surface area contributed by atoms with E-state index in [1.807, 2.05) is 0 Å². The maximum Gasteiger partial charge on any atom is 0.306 e. The summed E-state index contributed by atoms with van der Waals surface area (Å²) in [5.41, 5.74) is 0.214. The second-order valence-electron chi connectivity index (χ2n) is 3.35. The van der Waals surface area contributed by atoms with Gasteiger partial charge in [0.05, 0.1) is 31.1 Å². The van der Waals surface area contributed by atoms with Gasteiger partial charge in [-0.1, -0.05) is 0 Å². The number of hydrogen-bond acceptors (Lipinski definition) is 4. The molecular weight excluding hydrogens is 280 g/mol. The predicted octanol–water partition coefficient (Wildman–Crippen LogP) is 0.150. The van der Waals surface area contributed by atoms with Gasteiger partial charge in [0, 0.05) is 0 Å². The SMILES string of the molecule is Cc1ncn(CC(O)CC(=O)O)c(=O)c1Br. The van der Waals surface area contributed by atoms with Crippen LogP contribution in [0.4, 0.5) is 0 Å². The molecule has 1 rings (SSSR count). The summed E-state index contributed by atoms with van der Waals surface area (Å²) in [4.78, 5) is 25.9. The van der Waals surface area contributed by atoms with Crippen LogP contribution in [0, 0.1) is 6.92 Å². The molecule has 16 heavy (non-hydrogen) atoms. The third-order valence-electron chi connectivity index (χ3n) is 1.97. The molecule has 0 bridgehead atoms. The summed E-state index contributed by atoms with van der Waals surface area (Å²) in [6.45, 7) is 1.58. The van der Waals surface area contributed by atoms with Crippen LogP contribution in [-0.4, -0.2) is 31.8 Å². The molecule has 0 radical (unpaired) electrons. The fourth-order valence-corrected chi connectivity index (χ4v) is 1.50. The van der Waals surface area contributed by atoms with Gasteiger partial charge in [-0.15, -0.1) is 0 Å². The molecule has 0 aliphatic carbocycles. The summed E-state index contributed by atoms with van der Waals surface area (Å²) in [5, 5.41) is 17.8. The van der Waals surface area contributed by atoms with Gasteiger partial charge < -0.3 is 10.2 Å². The van der Waals surface area contributed by atoms with Crippen LogP contribution in [-0.2, 0) is 11.3 Å². The minimum Gasteiger partial charge on any atom is -0.481 e.